The second-order valence-electron chi connectivity index (χ2n) is 4.48. The van der Waals surface area contributed by atoms with E-state index >= 15 is 0 Å². The van der Waals surface area contributed by atoms with Crippen molar-refractivity contribution in [2.75, 3.05) is 6.61 Å². The lowest BCUT2D eigenvalue weighted by molar-refractivity contribution is -0.0167. The monoisotopic (exact) mass is 210 g/mol. The van der Waals surface area contributed by atoms with Gasteiger partial charge in [0.2, 0.25) is 0 Å². The molecule has 0 N–H and O–H groups in total. The minimum atomic E-state index is -0.119. The van der Waals surface area contributed by atoms with Gasteiger partial charge >= 0.3 is 0 Å². The summed E-state index contributed by atoms with van der Waals surface area (Å²) in [6.07, 6.45) is 6.65. The van der Waals surface area contributed by atoms with Crippen LogP contribution in [0.15, 0.2) is 23.3 Å². The number of ether oxygens (including phenoxy) is 2. The maximum absolute atomic E-state index is 5.55. The molecule has 0 radical (unpaired) electrons. The standard InChI is InChI=1S/C13H22O2/c1-10(2)6-5-7-11(3)8-13-14-9-12(4)15-13/h6,8,12-13H,5,7,9H2,1-4H3. The third-order valence-electron chi connectivity index (χ3n) is 2.37. The summed E-state index contributed by atoms with van der Waals surface area (Å²) in [6, 6.07) is 0. The highest BCUT2D eigenvalue weighted by atomic mass is 16.7. The fourth-order valence-electron chi connectivity index (χ4n) is 1.53. The zero-order chi connectivity index (χ0) is 11.3. The minimum absolute atomic E-state index is 0.119. The van der Waals surface area contributed by atoms with E-state index in [1.54, 1.807) is 0 Å². The molecule has 0 amide bonds. The van der Waals surface area contributed by atoms with Crippen molar-refractivity contribution >= 4 is 0 Å². The minimum Gasteiger partial charge on any atom is -0.346 e. The lowest BCUT2D eigenvalue weighted by Gasteiger charge is -2.06. The van der Waals surface area contributed by atoms with Crippen molar-refractivity contribution in [3.8, 4) is 0 Å². The van der Waals surface area contributed by atoms with Crippen LogP contribution >= 0.6 is 0 Å². The molecule has 0 spiro atoms. The molecule has 2 nitrogen and oxygen atoms in total. The summed E-state index contributed by atoms with van der Waals surface area (Å²) in [5.74, 6) is 0. The molecule has 2 heteroatoms. The highest BCUT2D eigenvalue weighted by Crippen LogP contribution is 2.15. The van der Waals surface area contributed by atoms with E-state index in [2.05, 4.69) is 32.9 Å². The quantitative estimate of drug-likeness (QED) is 0.662. The largest absolute Gasteiger partial charge is 0.346 e. The summed E-state index contributed by atoms with van der Waals surface area (Å²) in [7, 11) is 0. The Morgan fingerprint density at radius 1 is 1.33 bits per heavy atom. The SMILES string of the molecule is CC(C)=CCCC(C)=CC1OCC(C)O1. The summed E-state index contributed by atoms with van der Waals surface area (Å²) in [6.45, 7) is 9.14. The number of hydrogen-bond donors (Lipinski definition) is 0. The van der Waals surface area contributed by atoms with E-state index in [4.69, 9.17) is 9.47 Å². The molecule has 1 saturated heterocycles. The molecule has 2 atom stereocenters. The van der Waals surface area contributed by atoms with E-state index in [0.29, 0.717) is 6.61 Å². The molecule has 0 aliphatic carbocycles. The van der Waals surface area contributed by atoms with Crippen molar-refractivity contribution in [3.63, 3.8) is 0 Å². The second-order valence-corrected chi connectivity index (χ2v) is 4.48. The molecule has 0 saturated carbocycles. The van der Waals surface area contributed by atoms with Crippen LogP contribution in [0.4, 0.5) is 0 Å². The maximum Gasteiger partial charge on any atom is 0.177 e. The van der Waals surface area contributed by atoms with Gasteiger partial charge in [0, 0.05) is 0 Å². The lowest BCUT2D eigenvalue weighted by Crippen LogP contribution is -2.06. The molecular weight excluding hydrogens is 188 g/mol. The summed E-state index contributed by atoms with van der Waals surface area (Å²) in [4.78, 5) is 0. The Morgan fingerprint density at radius 2 is 2.07 bits per heavy atom. The third-order valence-corrected chi connectivity index (χ3v) is 2.37. The van der Waals surface area contributed by atoms with Gasteiger partial charge in [-0.1, -0.05) is 17.2 Å². The lowest BCUT2D eigenvalue weighted by atomic mass is 10.1. The van der Waals surface area contributed by atoms with E-state index in [0.717, 1.165) is 12.8 Å². The van der Waals surface area contributed by atoms with Crippen molar-refractivity contribution in [2.24, 2.45) is 0 Å². The van der Waals surface area contributed by atoms with Crippen molar-refractivity contribution in [2.45, 2.75) is 52.9 Å². The maximum atomic E-state index is 5.55. The fourth-order valence-corrected chi connectivity index (χ4v) is 1.53. The molecule has 0 aromatic heterocycles. The van der Waals surface area contributed by atoms with E-state index < -0.39 is 0 Å². The fraction of sp³-hybridized carbons (Fsp3) is 0.692. The number of rotatable bonds is 4. The van der Waals surface area contributed by atoms with Crippen LogP contribution in [0.2, 0.25) is 0 Å². The third kappa shape index (κ3) is 5.14. The molecule has 1 fully saturated rings. The number of hydrogen-bond acceptors (Lipinski definition) is 2. The van der Waals surface area contributed by atoms with Crippen LogP contribution in [0.25, 0.3) is 0 Å². The summed E-state index contributed by atoms with van der Waals surface area (Å²) in [5, 5.41) is 0. The zero-order valence-corrected chi connectivity index (χ0v) is 10.2. The number of allylic oxidation sites excluding steroid dienone is 3. The first-order valence-corrected chi connectivity index (χ1v) is 5.65. The molecule has 1 aliphatic rings. The molecule has 1 heterocycles. The Morgan fingerprint density at radius 3 is 2.60 bits per heavy atom. The van der Waals surface area contributed by atoms with Gasteiger partial charge in [0.1, 0.15) is 0 Å². The van der Waals surface area contributed by atoms with Crippen molar-refractivity contribution in [1.29, 1.82) is 0 Å². The smallest absolute Gasteiger partial charge is 0.177 e. The van der Waals surface area contributed by atoms with Gasteiger partial charge in [0.05, 0.1) is 12.7 Å². The van der Waals surface area contributed by atoms with Crippen LogP contribution < -0.4 is 0 Å². The molecule has 86 valence electrons. The van der Waals surface area contributed by atoms with Crippen LogP contribution in [0, 0.1) is 0 Å². The van der Waals surface area contributed by atoms with Gasteiger partial charge in [-0.05, 0) is 46.6 Å². The van der Waals surface area contributed by atoms with Gasteiger partial charge in [-0.3, -0.25) is 0 Å². The van der Waals surface area contributed by atoms with Gasteiger partial charge < -0.3 is 9.47 Å². The molecule has 2 unspecified atom stereocenters. The predicted molar refractivity (Wildman–Crippen MR) is 62.7 cm³/mol. The molecule has 1 rings (SSSR count). The zero-order valence-electron chi connectivity index (χ0n) is 10.2. The Labute approximate surface area is 93.0 Å². The van der Waals surface area contributed by atoms with E-state index in [1.807, 2.05) is 6.92 Å². The Bertz CT molecular complexity index is 249. The Hall–Kier alpha value is -0.600. The summed E-state index contributed by atoms with van der Waals surface area (Å²) in [5.41, 5.74) is 2.72. The van der Waals surface area contributed by atoms with Crippen LogP contribution in [-0.4, -0.2) is 19.0 Å². The molecule has 0 aromatic carbocycles. The van der Waals surface area contributed by atoms with E-state index in [-0.39, 0.29) is 12.4 Å². The molecular formula is C13H22O2. The molecule has 15 heavy (non-hydrogen) atoms. The van der Waals surface area contributed by atoms with Gasteiger partial charge in [-0.2, -0.15) is 0 Å². The van der Waals surface area contributed by atoms with Crippen molar-refractivity contribution in [3.05, 3.63) is 23.3 Å². The van der Waals surface area contributed by atoms with Crippen LogP contribution in [0.1, 0.15) is 40.5 Å². The van der Waals surface area contributed by atoms with Gasteiger partial charge in [0.15, 0.2) is 6.29 Å². The average Bonchev–Trinajstić information content (AvgIpc) is 2.50. The highest BCUT2D eigenvalue weighted by molar-refractivity contribution is 5.04. The van der Waals surface area contributed by atoms with Gasteiger partial charge in [-0.25, -0.2) is 0 Å². The Kier molecular flexibility index (Phi) is 5.06. The van der Waals surface area contributed by atoms with Gasteiger partial charge in [0.25, 0.3) is 0 Å². The van der Waals surface area contributed by atoms with Crippen molar-refractivity contribution in [1.82, 2.24) is 0 Å². The van der Waals surface area contributed by atoms with Crippen molar-refractivity contribution < 1.29 is 9.47 Å². The predicted octanol–water partition coefficient (Wildman–Crippen LogP) is 3.44. The normalized spacial score (nSPS) is 26.8. The van der Waals surface area contributed by atoms with E-state index in [1.165, 1.54) is 11.1 Å². The van der Waals surface area contributed by atoms with Crippen LogP contribution in [-0.2, 0) is 9.47 Å². The first kappa shape index (κ1) is 12.5. The summed E-state index contributed by atoms with van der Waals surface area (Å²) < 4.78 is 11.0. The van der Waals surface area contributed by atoms with Crippen LogP contribution in [0.3, 0.4) is 0 Å². The molecule has 0 bridgehead atoms. The Balaban J connectivity index is 2.30. The molecule has 1 aliphatic heterocycles. The average molecular weight is 210 g/mol. The topological polar surface area (TPSA) is 18.5 Å². The first-order chi connectivity index (χ1) is 7.08. The van der Waals surface area contributed by atoms with Crippen LogP contribution in [0.5, 0.6) is 0 Å². The van der Waals surface area contributed by atoms with Gasteiger partial charge in [-0.15, -0.1) is 0 Å². The first-order valence-electron chi connectivity index (χ1n) is 5.65. The second kappa shape index (κ2) is 6.09. The van der Waals surface area contributed by atoms with E-state index in [9.17, 15) is 0 Å². The highest BCUT2D eigenvalue weighted by Gasteiger charge is 2.19. The summed E-state index contributed by atoms with van der Waals surface area (Å²) >= 11 is 0. The molecule has 0 aromatic rings.